The zero-order chi connectivity index (χ0) is 21.2. The molecule has 156 valence electrons. The summed E-state index contributed by atoms with van der Waals surface area (Å²) in [4.78, 5) is 24.6. The highest BCUT2D eigenvalue weighted by molar-refractivity contribution is 5.84. The molecule has 1 unspecified atom stereocenters. The van der Waals surface area contributed by atoms with Gasteiger partial charge in [-0.3, -0.25) is 4.79 Å². The molecule has 0 radical (unpaired) electrons. The minimum Gasteiger partial charge on any atom is -0.367 e. The summed E-state index contributed by atoms with van der Waals surface area (Å²) in [5.74, 6) is 0.262. The molecule has 1 saturated heterocycles. The Hall–Kier alpha value is -2.84. The number of hydrogen-bond acceptors (Lipinski definition) is 5. The molecule has 1 aromatic carbocycles. The standard InChI is InChI=1S/C20H24F3N5O/c1-13-12-14(2)25-19(24-13)26-15(3)18(29)28-10-8-27(9-11-28)17-7-5-4-6-16(17)20(21,22)23/h4-7,12,15H,8-11H2,1-3H3,(H,24,25,26). The van der Waals surface area contributed by atoms with Crippen LogP contribution in [0.15, 0.2) is 30.3 Å². The Labute approximate surface area is 167 Å². The lowest BCUT2D eigenvalue weighted by atomic mass is 10.1. The predicted octanol–water partition coefficient (Wildman–Crippen LogP) is 3.26. The summed E-state index contributed by atoms with van der Waals surface area (Å²) in [7, 11) is 0. The van der Waals surface area contributed by atoms with Crippen molar-refractivity contribution in [1.29, 1.82) is 0 Å². The lowest BCUT2D eigenvalue weighted by molar-refractivity contribution is -0.137. The molecule has 1 amide bonds. The number of carbonyl (C=O) groups is 1. The van der Waals surface area contributed by atoms with Crippen LogP contribution in [-0.4, -0.2) is 53.0 Å². The van der Waals surface area contributed by atoms with E-state index in [1.54, 1.807) is 22.8 Å². The van der Waals surface area contributed by atoms with Gasteiger partial charge in [-0.2, -0.15) is 13.2 Å². The first-order valence-electron chi connectivity index (χ1n) is 9.44. The highest BCUT2D eigenvalue weighted by Crippen LogP contribution is 2.36. The highest BCUT2D eigenvalue weighted by atomic mass is 19.4. The molecule has 1 N–H and O–H groups in total. The Balaban J connectivity index is 1.63. The number of anilines is 2. The minimum atomic E-state index is -4.41. The number of amides is 1. The second-order valence-electron chi connectivity index (χ2n) is 7.17. The third-order valence-electron chi connectivity index (χ3n) is 4.84. The molecule has 6 nitrogen and oxygen atoms in total. The van der Waals surface area contributed by atoms with Gasteiger partial charge in [-0.1, -0.05) is 12.1 Å². The summed E-state index contributed by atoms with van der Waals surface area (Å²) in [5.41, 5.74) is 1.11. The lowest BCUT2D eigenvalue weighted by Gasteiger charge is -2.38. The molecule has 1 aliphatic heterocycles. The summed E-state index contributed by atoms with van der Waals surface area (Å²) in [6.45, 7) is 6.82. The molecule has 1 atom stereocenters. The van der Waals surface area contributed by atoms with E-state index in [0.717, 1.165) is 17.5 Å². The van der Waals surface area contributed by atoms with Crippen LogP contribution < -0.4 is 10.2 Å². The number of benzene rings is 1. The fraction of sp³-hybridized carbons (Fsp3) is 0.450. The van der Waals surface area contributed by atoms with Gasteiger partial charge in [0.2, 0.25) is 11.9 Å². The molecule has 0 bridgehead atoms. The van der Waals surface area contributed by atoms with Crippen LogP contribution >= 0.6 is 0 Å². The van der Waals surface area contributed by atoms with Gasteiger partial charge in [0.05, 0.1) is 5.56 Å². The highest BCUT2D eigenvalue weighted by Gasteiger charge is 2.35. The van der Waals surface area contributed by atoms with E-state index in [4.69, 9.17) is 0 Å². The lowest BCUT2D eigenvalue weighted by Crippen LogP contribution is -2.52. The molecular weight excluding hydrogens is 383 g/mol. The Bertz CT molecular complexity index is 858. The number of aromatic nitrogens is 2. The second-order valence-corrected chi connectivity index (χ2v) is 7.17. The fourth-order valence-electron chi connectivity index (χ4n) is 3.48. The number of nitrogens with one attached hydrogen (secondary N) is 1. The fourth-order valence-corrected chi connectivity index (χ4v) is 3.48. The molecule has 9 heteroatoms. The number of aryl methyl sites for hydroxylation is 2. The number of hydrogen-bond donors (Lipinski definition) is 1. The number of alkyl halides is 3. The van der Waals surface area contributed by atoms with Gasteiger partial charge >= 0.3 is 6.18 Å². The van der Waals surface area contributed by atoms with Crippen LogP contribution in [0.2, 0.25) is 0 Å². The van der Waals surface area contributed by atoms with Crippen LogP contribution in [0.1, 0.15) is 23.9 Å². The van der Waals surface area contributed by atoms with Crippen molar-refractivity contribution < 1.29 is 18.0 Å². The molecule has 2 aromatic rings. The van der Waals surface area contributed by atoms with Gasteiger partial charge in [0.25, 0.3) is 0 Å². The molecule has 1 aromatic heterocycles. The van der Waals surface area contributed by atoms with Crippen molar-refractivity contribution in [3.05, 3.63) is 47.3 Å². The van der Waals surface area contributed by atoms with Crippen molar-refractivity contribution in [2.75, 3.05) is 36.4 Å². The first-order valence-corrected chi connectivity index (χ1v) is 9.44. The second kappa shape index (κ2) is 8.26. The molecular formula is C20H24F3N5O. The first kappa shape index (κ1) is 20.9. The van der Waals surface area contributed by atoms with Gasteiger partial charge in [0.1, 0.15) is 6.04 Å². The van der Waals surface area contributed by atoms with Gasteiger partial charge in [0, 0.05) is 43.3 Å². The number of nitrogens with zero attached hydrogens (tertiary/aromatic N) is 4. The van der Waals surface area contributed by atoms with Crippen molar-refractivity contribution in [2.24, 2.45) is 0 Å². The number of rotatable bonds is 4. The van der Waals surface area contributed by atoms with Gasteiger partial charge in [-0.15, -0.1) is 0 Å². The van der Waals surface area contributed by atoms with Gasteiger partial charge in [-0.25, -0.2) is 9.97 Å². The van der Waals surface area contributed by atoms with Gasteiger partial charge in [0.15, 0.2) is 0 Å². The number of carbonyl (C=O) groups excluding carboxylic acids is 1. The number of halogens is 3. The van der Waals surface area contributed by atoms with E-state index in [0.29, 0.717) is 32.1 Å². The maximum atomic E-state index is 13.3. The largest absolute Gasteiger partial charge is 0.418 e. The molecule has 2 heterocycles. The number of para-hydroxylation sites is 1. The maximum absolute atomic E-state index is 13.3. The van der Waals surface area contributed by atoms with E-state index in [1.165, 1.54) is 12.1 Å². The topological polar surface area (TPSA) is 61.4 Å². The molecule has 0 spiro atoms. The van der Waals surface area contributed by atoms with E-state index in [1.807, 2.05) is 19.9 Å². The van der Waals surface area contributed by atoms with Crippen LogP contribution in [0.3, 0.4) is 0 Å². The molecule has 1 aliphatic rings. The van der Waals surface area contributed by atoms with Crippen molar-refractivity contribution in [3.63, 3.8) is 0 Å². The summed E-state index contributed by atoms with van der Waals surface area (Å²) in [5, 5.41) is 3.02. The van der Waals surface area contributed by atoms with Crippen LogP contribution in [-0.2, 0) is 11.0 Å². The van der Waals surface area contributed by atoms with Crippen molar-refractivity contribution in [2.45, 2.75) is 33.0 Å². The summed E-state index contributed by atoms with van der Waals surface area (Å²) < 4.78 is 39.8. The van der Waals surface area contributed by atoms with E-state index in [9.17, 15) is 18.0 Å². The average Bonchev–Trinajstić information content (AvgIpc) is 2.66. The van der Waals surface area contributed by atoms with Gasteiger partial charge < -0.3 is 15.1 Å². The monoisotopic (exact) mass is 407 g/mol. The van der Waals surface area contributed by atoms with Crippen LogP contribution in [0.5, 0.6) is 0 Å². The minimum absolute atomic E-state index is 0.128. The third kappa shape index (κ3) is 4.96. The van der Waals surface area contributed by atoms with E-state index in [2.05, 4.69) is 15.3 Å². The Kier molecular flexibility index (Phi) is 5.95. The van der Waals surface area contributed by atoms with Crippen molar-refractivity contribution >= 4 is 17.5 Å². The number of piperazine rings is 1. The van der Waals surface area contributed by atoms with Crippen molar-refractivity contribution in [3.8, 4) is 0 Å². The maximum Gasteiger partial charge on any atom is 0.418 e. The Morgan fingerprint density at radius 1 is 1.07 bits per heavy atom. The van der Waals surface area contributed by atoms with Crippen LogP contribution in [0.4, 0.5) is 24.8 Å². The third-order valence-corrected chi connectivity index (χ3v) is 4.84. The smallest absolute Gasteiger partial charge is 0.367 e. The molecule has 1 fully saturated rings. The Morgan fingerprint density at radius 2 is 1.66 bits per heavy atom. The summed E-state index contributed by atoms with van der Waals surface area (Å²) in [6.07, 6.45) is -4.41. The normalized spacial score (nSPS) is 15.9. The summed E-state index contributed by atoms with van der Waals surface area (Å²) >= 11 is 0. The SMILES string of the molecule is Cc1cc(C)nc(NC(C)C(=O)N2CCN(c3ccccc3C(F)(F)F)CC2)n1. The van der Waals surface area contributed by atoms with Gasteiger partial charge in [-0.05, 0) is 39.0 Å². The molecule has 0 aliphatic carbocycles. The van der Waals surface area contributed by atoms with Crippen LogP contribution in [0.25, 0.3) is 0 Å². The molecule has 29 heavy (non-hydrogen) atoms. The quantitative estimate of drug-likeness (QED) is 0.843. The zero-order valence-electron chi connectivity index (χ0n) is 16.6. The first-order chi connectivity index (χ1) is 13.6. The summed E-state index contributed by atoms with van der Waals surface area (Å²) in [6, 6.07) is 6.84. The van der Waals surface area contributed by atoms with E-state index in [-0.39, 0.29) is 11.6 Å². The predicted molar refractivity (Wildman–Crippen MR) is 105 cm³/mol. The molecule has 3 rings (SSSR count). The average molecular weight is 407 g/mol. The van der Waals surface area contributed by atoms with Crippen LogP contribution in [0, 0.1) is 13.8 Å². The van der Waals surface area contributed by atoms with E-state index >= 15 is 0 Å². The zero-order valence-corrected chi connectivity index (χ0v) is 16.6. The van der Waals surface area contributed by atoms with Crippen molar-refractivity contribution in [1.82, 2.24) is 14.9 Å². The van der Waals surface area contributed by atoms with E-state index < -0.39 is 17.8 Å². The Morgan fingerprint density at radius 3 is 2.24 bits per heavy atom. The molecule has 0 saturated carbocycles.